The number of anilines is 4. The van der Waals surface area contributed by atoms with Gasteiger partial charge in [0.05, 0.1) is 34.6 Å². The maximum absolute atomic E-state index is 15.3. The molecule has 10 rings (SSSR count). The molecule has 0 bridgehead atoms. The first-order valence-corrected chi connectivity index (χ1v) is 24.3. The van der Waals surface area contributed by atoms with Gasteiger partial charge in [0.1, 0.15) is 0 Å². The average Bonchev–Trinajstić information content (AvgIpc) is 4.16. The highest BCUT2D eigenvalue weighted by atomic mass is 19.3. The van der Waals surface area contributed by atoms with Gasteiger partial charge in [0.15, 0.2) is 0 Å². The van der Waals surface area contributed by atoms with E-state index in [1.165, 1.54) is 0 Å². The maximum Gasteiger partial charge on any atom is 0.264 e. The summed E-state index contributed by atoms with van der Waals surface area (Å²) in [6.07, 6.45) is 7.29. The Labute approximate surface area is 415 Å². The summed E-state index contributed by atoms with van der Waals surface area (Å²) in [5.74, 6) is -0.548. The Kier molecular flexibility index (Phi) is 12.4. The number of rotatable bonds is 12. The van der Waals surface area contributed by atoms with Crippen molar-refractivity contribution in [2.45, 2.75) is 58.3 Å². The van der Waals surface area contributed by atoms with Gasteiger partial charge in [-0.15, -0.1) is 0 Å². The van der Waals surface area contributed by atoms with Crippen LogP contribution in [0.4, 0.5) is 40.3 Å². The van der Waals surface area contributed by atoms with Crippen LogP contribution < -0.4 is 20.4 Å². The number of nitrogens with zero attached hydrogens (tertiary/aromatic N) is 8. The molecule has 16 heteroatoms. The van der Waals surface area contributed by atoms with Crippen LogP contribution in [-0.4, -0.2) is 67.7 Å². The van der Waals surface area contributed by atoms with Crippen molar-refractivity contribution in [3.8, 4) is 22.3 Å². The number of hydrogen-bond acceptors (Lipinski definition) is 6. The third-order valence-electron chi connectivity index (χ3n) is 14.6. The summed E-state index contributed by atoms with van der Waals surface area (Å²) < 4.78 is 67.7. The third kappa shape index (κ3) is 8.29. The molecule has 2 N–H and O–H groups in total. The molecular weight excluding hydrogens is 921 g/mol. The van der Waals surface area contributed by atoms with Crippen LogP contribution in [0.1, 0.15) is 99.6 Å². The number of allylic oxidation sites excluding steroid dienone is 1. The molecule has 0 fully saturated rings. The molecule has 12 nitrogen and oxygen atoms in total. The van der Waals surface area contributed by atoms with Gasteiger partial charge < -0.3 is 29.6 Å². The molecule has 6 heterocycles. The Morgan fingerprint density at radius 3 is 1.72 bits per heavy atom. The number of nitrogens with one attached hydrogen (secondary N) is 2. The highest BCUT2D eigenvalue weighted by Gasteiger charge is 2.33. The molecule has 1 unspecified atom stereocenters. The van der Waals surface area contributed by atoms with Crippen molar-refractivity contribution < 1.29 is 27.2 Å². The van der Waals surface area contributed by atoms with Gasteiger partial charge in [0, 0.05) is 142 Å². The Morgan fingerprint density at radius 2 is 1.19 bits per heavy atom. The Balaban J connectivity index is 1.11. The average molecular weight is 979 g/mol. The molecule has 2 aliphatic rings. The topological polar surface area (TPSA) is 110 Å². The van der Waals surface area contributed by atoms with Gasteiger partial charge in [0.2, 0.25) is 0 Å². The number of amides is 2. The second kappa shape index (κ2) is 18.5. The molecule has 0 spiro atoms. The van der Waals surface area contributed by atoms with Crippen molar-refractivity contribution in [2.24, 2.45) is 34.1 Å². The van der Waals surface area contributed by atoms with Crippen LogP contribution in [0.25, 0.3) is 49.6 Å². The molecule has 0 aliphatic carbocycles. The lowest BCUT2D eigenvalue weighted by molar-refractivity contribution is 0.0956. The molecule has 4 aromatic carbocycles. The van der Waals surface area contributed by atoms with Crippen LogP contribution in [-0.2, 0) is 41.0 Å². The predicted octanol–water partition coefficient (Wildman–Crippen LogP) is 11.7. The van der Waals surface area contributed by atoms with E-state index in [9.17, 15) is 9.59 Å². The third-order valence-corrected chi connectivity index (χ3v) is 14.6. The van der Waals surface area contributed by atoms with E-state index in [4.69, 9.17) is 6.58 Å². The van der Waals surface area contributed by atoms with Gasteiger partial charge in [0.25, 0.3) is 24.7 Å². The van der Waals surface area contributed by atoms with Gasteiger partial charge in [-0.1, -0.05) is 20.4 Å². The summed E-state index contributed by atoms with van der Waals surface area (Å²) in [6, 6.07) is 15.1. The zero-order valence-electron chi connectivity index (χ0n) is 41.7. The number of benzene rings is 4. The lowest BCUT2D eigenvalue weighted by atomic mass is 9.83. The van der Waals surface area contributed by atoms with E-state index < -0.39 is 12.9 Å². The zero-order valence-corrected chi connectivity index (χ0v) is 41.7. The number of carbonyl (C=O) groups excluding carboxylic acids is 2. The van der Waals surface area contributed by atoms with E-state index in [2.05, 4.69) is 56.6 Å². The summed E-state index contributed by atoms with van der Waals surface area (Å²) in [7, 11) is 10.5. The van der Waals surface area contributed by atoms with Gasteiger partial charge >= 0.3 is 0 Å². The number of fused-ring (bicyclic) bond motifs is 4. The largest absolute Gasteiger partial charge is 0.355 e. The number of carbonyl (C=O) groups is 2. The van der Waals surface area contributed by atoms with Crippen LogP contribution in [0.5, 0.6) is 0 Å². The van der Waals surface area contributed by atoms with Crippen molar-refractivity contribution in [3.63, 3.8) is 0 Å². The minimum absolute atomic E-state index is 0.0553. The van der Waals surface area contributed by atoms with Gasteiger partial charge in [-0.2, -0.15) is 10.2 Å². The van der Waals surface area contributed by atoms with Crippen LogP contribution in [0.2, 0.25) is 0 Å². The van der Waals surface area contributed by atoms with Crippen molar-refractivity contribution >= 4 is 61.9 Å². The van der Waals surface area contributed by atoms with Crippen molar-refractivity contribution in [2.75, 3.05) is 37.0 Å². The number of aryl methyl sites for hydroxylation is 5. The smallest absolute Gasteiger partial charge is 0.264 e. The van der Waals surface area contributed by atoms with Crippen LogP contribution in [0.15, 0.2) is 92.3 Å². The van der Waals surface area contributed by atoms with Gasteiger partial charge in [-0.3, -0.25) is 19.0 Å². The summed E-state index contributed by atoms with van der Waals surface area (Å²) >= 11 is 0. The van der Waals surface area contributed by atoms with Gasteiger partial charge in [-0.25, -0.2) is 17.6 Å². The van der Waals surface area contributed by atoms with E-state index in [0.717, 1.165) is 62.0 Å². The minimum Gasteiger partial charge on any atom is -0.355 e. The van der Waals surface area contributed by atoms with E-state index in [1.807, 2.05) is 59.9 Å². The molecule has 372 valence electrons. The lowest BCUT2D eigenvalue weighted by Gasteiger charge is -2.38. The molecule has 2 aliphatic heterocycles. The van der Waals surface area contributed by atoms with Crippen LogP contribution in [0, 0.1) is 5.92 Å². The molecular formula is C56H58F4N10O2. The fourth-order valence-electron chi connectivity index (χ4n) is 11.3. The summed E-state index contributed by atoms with van der Waals surface area (Å²) in [6.45, 7) is 9.96. The molecule has 0 saturated heterocycles. The lowest BCUT2D eigenvalue weighted by Crippen LogP contribution is -2.32. The normalized spacial score (nSPS) is 14.8. The highest BCUT2D eigenvalue weighted by Crippen LogP contribution is 2.48. The molecule has 1 atom stereocenters. The first-order chi connectivity index (χ1) is 34.4. The SMILES string of the molecule is C=C(CC1Cc2cc(-c3cnn(C)c3)c(C(F)F)cc2N(c2cc(C(C)C)c3c(c2)c(C(=O)NC)cn3C)C1)c1cc(N2CCCc3cc(-c4cnn(C)c4)c(C(F)F)cc32)cc2c(C(=O)NC)cn(C)c12. The number of aromatic nitrogens is 6. The fraction of sp³-hybridized carbons (Fsp3) is 0.321. The second-order valence-corrected chi connectivity index (χ2v) is 19.7. The maximum atomic E-state index is 15.3. The quantitative estimate of drug-likeness (QED) is 0.118. The van der Waals surface area contributed by atoms with E-state index in [0.29, 0.717) is 82.5 Å². The molecule has 4 aromatic heterocycles. The standard InChI is InChI=1S/C56H58F4N10O2/c1-30(2)39-17-38(20-43-47(55(71)61-4)28-65(6)51(39)43)70-25-32(14-34-16-42(36-24-64-68(9)27-36)46(54(59)60)22-50(34)70)13-31(3)40-18-37(19-44-48(56(72)62-5)29-66(7)52(40)44)69-12-10-11-33-15-41(35-23-63-67(8)26-35)45(53(57)58)21-49(33)69/h15-24,26-30,32,53-54H,3,10-14,25H2,1-2,4-9H3,(H,61,71)(H,62,72). The van der Waals surface area contributed by atoms with E-state index in [-0.39, 0.29) is 34.8 Å². The number of hydrogen-bond donors (Lipinski definition) is 2. The predicted molar refractivity (Wildman–Crippen MR) is 277 cm³/mol. The Hall–Kier alpha value is -7.62. The first-order valence-electron chi connectivity index (χ1n) is 24.3. The van der Waals surface area contributed by atoms with Crippen LogP contribution in [0.3, 0.4) is 0 Å². The zero-order chi connectivity index (χ0) is 51.0. The molecule has 0 saturated carbocycles. The van der Waals surface area contributed by atoms with E-state index in [1.54, 1.807) is 74.5 Å². The van der Waals surface area contributed by atoms with E-state index >= 15 is 17.6 Å². The summed E-state index contributed by atoms with van der Waals surface area (Å²) in [4.78, 5) is 31.2. The van der Waals surface area contributed by atoms with Crippen LogP contribution >= 0.6 is 0 Å². The molecule has 8 aromatic rings. The summed E-state index contributed by atoms with van der Waals surface area (Å²) in [5, 5.41) is 15.6. The second-order valence-electron chi connectivity index (χ2n) is 19.7. The molecule has 72 heavy (non-hydrogen) atoms. The van der Waals surface area contributed by atoms with Gasteiger partial charge in [-0.05, 0) is 119 Å². The Bertz CT molecular complexity index is 3490. The van der Waals surface area contributed by atoms with Crippen molar-refractivity contribution in [3.05, 3.63) is 137 Å². The first kappa shape index (κ1) is 48.0. The minimum atomic E-state index is -2.77. The fourth-order valence-corrected chi connectivity index (χ4v) is 11.3. The number of halogens is 4. The monoisotopic (exact) mass is 978 g/mol. The van der Waals surface area contributed by atoms with Crippen molar-refractivity contribution in [1.29, 1.82) is 0 Å². The number of alkyl halides is 4. The molecule has 2 amide bonds. The van der Waals surface area contributed by atoms with Crippen molar-refractivity contribution in [1.82, 2.24) is 39.3 Å². The summed E-state index contributed by atoms with van der Waals surface area (Å²) in [5.41, 5.74) is 11.8. The molecule has 0 radical (unpaired) electrons. The Morgan fingerprint density at radius 1 is 0.667 bits per heavy atom. The highest BCUT2D eigenvalue weighted by molar-refractivity contribution is 6.11.